The predicted octanol–water partition coefficient (Wildman–Crippen LogP) is 1.41. The molecule has 0 amide bonds. The van der Waals surface area contributed by atoms with Crippen molar-refractivity contribution in [1.29, 1.82) is 0 Å². The fourth-order valence-electron chi connectivity index (χ4n) is 1.07. The minimum absolute atomic E-state index is 0.429. The molecule has 0 aromatic carbocycles. The Labute approximate surface area is 88.9 Å². The first-order valence-corrected chi connectivity index (χ1v) is 4.76. The molecule has 0 aliphatic carbocycles. The third kappa shape index (κ3) is 1.48. The third-order valence-corrected chi connectivity index (χ3v) is 2.41. The van der Waals surface area contributed by atoms with Gasteiger partial charge in [-0.1, -0.05) is 0 Å². The summed E-state index contributed by atoms with van der Waals surface area (Å²) in [4.78, 5) is 12.4. The molecule has 0 radical (unpaired) electrons. The predicted molar refractivity (Wildman–Crippen MR) is 59.0 cm³/mol. The van der Waals surface area contributed by atoms with Crippen LogP contribution < -0.4 is 11.1 Å². The van der Waals surface area contributed by atoms with Gasteiger partial charge < -0.3 is 11.1 Å². The van der Waals surface area contributed by atoms with Crippen LogP contribution in [-0.2, 0) is 0 Å². The molecule has 0 saturated carbocycles. The lowest BCUT2D eigenvalue weighted by atomic mass is 10.3. The second-order valence-electron chi connectivity index (χ2n) is 2.71. The average molecular weight is 254 g/mol. The van der Waals surface area contributed by atoms with E-state index in [0.29, 0.717) is 17.4 Å². The summed E-state index contributed by atoms with van der Waals surface area (Å²) < 4.78 is 0.755. The van der Waals surface area contributed by atoms with Crippen molar-refractivity contribution in [3.05, 3.63) is 16.7 Å². The summed E-state index contributed by atoms with van der Waals surface area (Å²) in [5.74, 6) is 0.963. The molecule has 2 heterocycles. The number of fused-ring (bicyclic) bond motifs is 1. The minimum atomic E-state index is 0.429. The lowest BCUT2D eigenvalue weighted by Gasteiger charge is -2.02. The van der Waals surface area contributed by atoms with Crippen LogP contribution >= 0.6 is 15.9 Å². The van der Waals surface area contributed by atoms with Crippen molar-refractivity contribution in [3.63, 3.8) is 0 Å². The van der Waals surface area contributed by atoms with Crippen LogP contribution in [-0.4, -0.2) is 22.0 Å². The topological polar surface area (TPSA) is 76.7 Å². The number of hydrogen-bond acceptors (Lipinski definition) is 5. The number of rotatable bonds is 1. The first-order chi connectivity index (χ1) is 6.70. The second kappa shape index (κ2) is 3.38. The number of nitrogens with two attached hydrogens (primary N) is 1. The fraction of sp³-hybridized carbons (Fsp3) is 0.125. The highest BCUT2D eigenvalue weighted by Gasteiger charge is 2.03. The molecule has 0 atom stereocenters. The average Bonchev–Trinajstić information content (AvgIpc) is 2.19. The normalized spacial score (nSPS) is 10.4. The number of aromatic nitrogens is 3. The van der Waals surface area contributed by atoms with E-state index in [-0.39, 0.29) is 0 Å². The van der Waals surface area contributed by atoms with Crippen molar-refractivity contribution >= 4 is 38.7 Å². The molecule has 72 valence electrons. The Morgan fingerprint density at radius 2 is 2.21 bits per heavy atom. The molecule has 0 aliphatic heterocycles. The lowest BCUT2D eigenvalue weighted by Crippen LogP contribution is -1.99. The summed E-state index contributed by atoms with van der Waals surface area (Å²) in [7, 11) is 1.75. The second-order valence-corrected chi connectivity index (χ2v) is 3.57. The number of nitrogens with zero attached hydrogens (tertiary/aromatic N) is 3. The van der Waals surface area contributed by atoms with Gasteiger partial charge in [0, 0.05) is 18.6 Å². The monoisotopic (exact) mass is 253 g/mol. The molecular formula is C8H8BrN5. The van der Waals surface area contributed by atoms with E-state index in [0.717, 1.165) is 9.86 Å². The van der Waals surface area contributed by atoms with Gasteiger partial charge in [-0.2, -0.15) is 4.98 Å². The molecule has 0 fully saturated rings. The summed E-state index contributed by atoms with van der Waals surface area (Å²) >= 11 is 3.29. The smallest absolute Gasteiger partial charge is 0.224 e. The zero-order valence-electron chi connectivity index (χ0n) is 7.45. The van der Waals surface area contributed by atoms with Gasteiger partial charge in [0.25, 0.3) is 0 Å². The Hall–Kier alpha value is -1.43. The van der Waals surface area contributed by atoms with Crippen molar-refractivity contribution in [2.45, 2.75) is 0 Å². The van der Waals surface area contributed by atoms with Gasteiger partial charge >= 0.3 is 0 Å². The standard InChI is InChI=1S/C8H8BrN5/c1-11-8-12-3-4-2-5(9)6(10)13-7(4)14-8/h2-3H,1H3,(H3,10,11,12,13,14). The first-order valence-electron chi connectivity index (χ1n) is 3.97. The SMILES string of the molecule is CNc1ncc2cc(Br)c(N)nc2n1. The van der Waals surface area contributed by atoms with E-state index in [1.54, 1.807) is 13.2 Å². The van der Waals surface area contributed by atoms with Gasteiger partial charge in [-0.15, -0.1) is 0 Å². The summed E-state index contributed by atoms with van der Waals surface area (Å²) in [6, 6.07) is 1.84. The van der Waals surface area contributed by atoms with Gasteiger partial charge in [0.1, 0.15) is 5.82 Å². The van der Waals surface area contributed by atoms with Crippen LogP contribution in [0.4, 0.5) is 11.8 Å². The molecule has 0 aliphatic rings. The quantitative estimate of drug-likeness (QED) is 0.804. The number of nitrogens with one attached hydrogen (secondary N) is 1. The van der Waals surface area contributed by atoms with Crippen LogP contribution in [0.15, 0.2) is 16.7 Å². The molecule has 6 heteroatoms. The van der Waals surface area contributed by atoms with E-state index in [1.165, 1.54) is 0 Å². The highest BCUT2D eigenvalue weighted by molar-refractivity contribution is 9.10. The zero-order valence-corrected chi connectivity index (χ0v) is 9.04. The number of pyridine rings is 1. The van der Waals surface area contributed by atoms with Crippen molar-refractivity contribution in [3.8, 4) is 0 Å². The van der Waals surface area contributed by atoms with Gasteiger partial charge in [-0.05, 0) is 22.0 Å². The Balaban J connectivity index is 2.70. The van der Waals surface area contributed by atoms with Gasteiger partial charge in [0.2, 0.25) is 5.95 Å². The Bertz CT molecular complexity index is 484. The number of nitrogen functional groups attached to an aromatic ring is 1. The highest BCUT2D eigenvalue weighted by Crippen LogP contribution is 2.21. The molecule has 14 heavy (non-hydrogen) atoms. The van der Waals surface area contributed by atoms with Crippen LogP contribution in [0.25, 0.3) is 11.0 Å². The number of hydrogen-bond donors (Lipinski definition) is 2. The fourth-order valence-corrected chi connectivity index (χ4v) is 1.41. The van der Waals surface area contributed by atoms with Crippen LogP contribution in [0.1, 0.15) is 0 Å². The summed E-state index contributed by atoms with van der Waals surface area (Å²) in [5, 5.41) is 3.69. The Morgan fingerprint density at radius 3 is 2.93 bits per heavy atom. The molecule has 0 spiro atoms. The molecule has 5 nitrogen and oxygen atoms in total. The van der Waals surface area contributed by atoms with Crippen molar-refractivity contribution in [2.24, 2.45) is 0 Å². The molecule has 2 rings (SSSR count). The van der Waals surface area contributed by atoms with Gasteiger partial charge in [-0.25, -0.2) is 9.97 Å². The van der Waals surface area contributed by atoms with Crippen molar-refractivity contribution in [1.82, 2.24) is 15.0 Å². The Morgan fingerprint density at radius 1 is 1.43 bits per heavy atom. The third-order valence-electron chi connectivity index (χ3n) is 1.77. The van der Waals surface area contributed by atoms with Crippen LogP contribution in [0.5, 0.6) is 0 Å². The summed E-state index contributed by atoms with van der Waals surface area (Å²) in [5.41, 5.74) is 6.23. The van der Waals surface area contributed by atoms with Crippen molar-refractivity contribution in [2.75, 3.05) is 18.1 Å². The maximum absolute atomic E-state index is 5.64. The summed E-state index contributed by atoms with van der Waals surface area (Å²) in [6.07, 6.45) is 1.70. The molecule has 3 N–H and O–H groups in total. The van der Waals surface area contributed by atoms with E-state index in [9.17, 15) is 0 Å². The lowest BCUT2D eigenvalue weighted by molar-refractivity contribution is 1.16. The van der Waals surface area contributed by atoms with Crippen LogP contribution in [0.2, 0.25) is 0 Å². The summed E-state index contributed by atoms with van der Waals surface area (Å²) in [6.45, 7) is 0. The van der Waals surface area contributed by atoms with E-state index >= 15 is 0 Å². The van der Waals surface area contributed by atoms with E-state index < -0.39 is 0 Å². The van der Waals surface area contributed by atoms with E-state index in [4.69, 9.17) is 5.73 Å². The molecule has 0 bridgehead atoms. The van der Waals surface area contributed by atoms with Gasteiger partial charge in [0.05, 0.1) is 4.47 Å². The Kier molecular flexibility index (Phi) is 2.20. The largest absolute Gasteiger partial charge is 0.383 e. The number of halogens is 1. The maximum atomic E-state index is 5.64. The molecular weight excluding hydrogens is 246 g/mol. The first kappa shape index (κ1) is 9.14. The van der Waals surface area contributed by atoms with E-state index in [1.807, 2.05) is 6.07 Å². The van der Waals surface area contributed by atoms with Crippen LogP contribution in [0, 0.1) is 0 Å². The maximum Gasteiger partial charge on any atom is 0.224 e. The van der Waals surface area contributed by atoms with Crippen molar-refractivity contribution < 1.29 is 0 Å². The zero-order chi connectivity index (χ0) is 10.1. The molecule has 2 aromatic rings. The van der Waals surface area contributed by atoms with Gasteiger partial charge in [-0.3, -0.25) is 0 Å². The van der Waals surface area contributed by atoms with Gasteiger partial charge in [0.15, 0.2) is 5.65 Å². The molecule has 0 saturated heterocycles. The molecule has 0 unspecified atom stereocenters. The highest BCUT2D eigenvalue weighted by atomic mass is 79.9. The molecule has 2 aromatic heterocycles. The minimum Gasteiger partial charge on any atom is -0.383 e. The van der Waals surface area contributed by atoms with E-state index in [2.05, 4.69) is 36.2 Å². The van der Waals surface area contributed by atoms with Crippen LogP contribution in [0.3, 0.4) is 0 Å². The number of anilines is 2.